The summed E-state index contributed by atoms with van der Waals surface area (Å²) >= 11 is 0. The van der Waals surface area contributed by atoms with Crippen LogP contribution in [0.3, 0.4) is 0 Å². The molecular weight excluding hydrogens is 364 g/mol. The van der Waals surface area contributed by atoms with Gasteiger partial charge >= 0.3 is 0 Å². The van der Waals surface area contributed by atoms with E-state index in [1.165, 1.54) is 0 Å². The molecule has 0 spiro atoms. The molecule has 0 aliphatic heterocycles. The lowest BCUT2D eigenvalue weighted by atomic mass is 9.95. The topological polar surface area (TPSA) is 70.0 Å². The molecule has 150 valence electrons. The smallest absolute Gasteiger partial charge is 0.278 e. The van der Waals surface area contributed by atoms with Crippen LogP contribution < -0.4 is 5.56 Å². The van der Waals surface area contributed by atoms with Gasteiger partial charge in [0.2, 0.25) is 0 Å². The van der Waals surface area contributed by atoms with Crippen LogP contribution >= 0.6 is 0 Å². The molecule has 4 heterocycles. The molecule has 0 radical (unpaired) electrons. The zero-order valence-electron chi connectivity index (χ0n) is 17.5. The van der Waals surface area contributed by atoms with Gasteiger partial charge in [-0.1, -0.05) is 13.8 Å². The van der Waals surface area contributed by atoms with Crippen LogP contribution in [0.25, 0.3) is 22.7 Å². The van der Waals surface area contributed by atoms with Crippen molar-refractivity contribution in [1.29, 1.82) is 0 Å². The van der Waals surface area contributed by atoms with Crippen molar-refractivity contribution in [1.82, 2.24) is 28.7 Å². The number of pyridine rings is 1. The standard InChI is InChI=1S/C22H26N6O/c1-6-16(7-2)18-12-14(3)28-20(18)22(29)26(5)21(25-28)17-8-9-19(24-15(17)4)27-11-10-23-13-27/h8-13,16H,6-7H2,1-5H3. The van der Waals surface area contributed by atoms with E-state index in [2.05, 4.69) is 29.9 Å². The van der Waals surface area contributed by atoms with Crippen molar-refractivity contribution >= 4 is 5.52 Å². The first-order chi connectivity index (χ1) is 14.0. The Kier molecular flexibility index (Phi) is 4.82. The van der Waals surface area contributed by atoms with Crippen LogP contribution in [0.4, 0.5) is 0 Å². The van der Waals surface area contributed by atoms with Crippen molar-refractivity contribution in [2.75, 3.05) is 0 Å². The van der Waals surface area contributed by atoms with Crippen molar-refractivity contribution < 1.29 is 0 Å². The lowest BCUT2D eigenvalue weighted by molar-refractivity contribution is 0.644. The second kappa shape index (κ2) is 7.31. The minimum absolute atomic E-state index is 0.0249. The lowest BCUT2D eigenvalue weighted by Crippen LogP contribution is -2.24. The molecule has 0 aliphatic rings. The quantitative estimate of drug-likeness (QED) is 0.520. The van der Waals surface area contributed by atoms with Gasteiger partial charge in [-0.3, -0.25) is 13.9 Å². The van der Waals surface area contributed by atoms with Crippen molar-refractivity contribution in [3.63, 3.8) is 0 Å². The fourth-order valence-electron chi connectivity index (χ4n) is 4.01. The summed E-state index contributed by atoms with van der Waals surface area (Å²) in [4.78, 5) is 22.1. The SMILES string of the molecule is CCC(CC)c1cc(C)n2nc(-c3ccc(-n4ccnc4)nc3C)n(C)c(=O)c12. The summed E-state index contributed by atoms with van der Waals surface area (Å²) in [6, 6.07) is 5.99. The van der Waals surface area contributed by atoms with Crippen LogP contribution in [0.2, 0.25) is 0 Å². The Labute approximate surface area is 169 Å². The summed E-state index contributed by atoms with van der Waals surface area (Å²) in [6.45, 7) is 8.26. The van der Waals surface area contributed by atoms with Crippen LogP contribution in [0.5, 0.6) is 0 Å². The Hall–Kier alpha value is -3.22. The highest BCUT2D eigenvalue weighted by molar-refractivity contribution is 5.63. The van der Waals surface area contributed by atoms with E-state index in [0.717, 1.165) is 41.2 Å². The summed E-state index contributed by atoms with van der Waals surface area (Å²) in [7, 11) is 1.78. The molecule has 4 aromatic rings. The second-order valence-electron chi connectivity index (χ2n) is 7.48. The predicted octanol–water partition coefficient (Wildman–Crippen LogP) is 3.80. The number of hydrogen-bond donors (Lipinski definition) is 0. The van der Waals surface area contributed by atoms with E-state index in [9.17, 15) is 4.79 Å². The van der Waals surface area contributed by atoms with Gasteiger partial charge in [0.1, 0.15) is 17.7 Å². The van der Waals surface area contributed by atoms with E-state index in [0.29, 0.717) is 17.3 Å². The number of nitrogens with zero attached hydrogens (tertiary/aromatic N) is 6. The highest BCUT2D eigenvalue weighted by atomic mass is 16.1. The van der Waals surface area contributed by atoms with Gasteiger partial charge in [0.25, 0.3) is 5.56 Å². The molecule has 4 aromatic heterocycles. The molecule has 0 bridgehead atoms. The van der Waals surface area contributed by atoms with Crippen molar-refractivity contribution in [3.8, 4) is 17.2 Å². The van der Waals surface area contributed by atoms with Crippen LogP contribution in [-0.4, -0.2) is 28.7 Å². The molecule has 7 nitrogen and oxygen atoms in total. The van der Waals surface area contributed by atoms with E-state index in [4.69, 9.17) is 5.10 Å². The van der Waals surface area contributed by atoms with Gasteiger partial charge < -0.3 is 0 Å². The lowest BCUT2D eigenvalue weighted by Gasteiger charge is -2.14. The minimum atomic E-state index is -0.0249. The second-order valence-corrected chi connectivity index (χ2v) is 7.48. The predicted molar refractivity (Wildman–Crippen MR) is 114 cm³/mol. The first kappa shape index (κ1) is 19.1. The maximum Gasteiger partial charge on any atom is 0.278 e. The number of aromatic nitrogens is 6. The Morgan fingerprint density at radius 2 is 1.90 bits per heavy atom. The Morgan fingerprint density at radius 1 is 1.14 bits per heavy atom. The van der Waals surface area contributed by atoms with Gasteiger partial charge in [0.15, 0.2) is 5.82 Å². The Balaban J connectivity index is 1.91. The maximum atomic E-state index is 13.3. The summed E-state index contributed by atoms with van der Waals surface area (Å²) in [5.74, 6) is 1.75. The van der Waals surface area contributed by atoms with Gasteiger partial charge in [-0.25, -0.2) is 14.5 Å². The van der Waals surface area contributed by atoms with Gasteiger partial charge in [-0.05, 0) is 56.4 Å². The summed E-state index contributed by atoms with van der Waals surface area (Å²) in [6.07, 6.45) is 7.28. The van der Waals surface area contributed by atoms with E-state index < -0.39 is 0 Å². The zero-order valence-corrected chi connectivity index (χ0v) is 17.5. The molecule has 0 amide bonds. The molecule has 29 heavy (non-hydrogen) atoms. The van der Waals surface area contributed by atoms with E-state index in [1.807, 2.05) is 36.7 Å². The van der Waals surface area contributed by atoms with Crippen LogP contribution in [0, 0.1) is 13.8 Å². The third kappa shape index (κ3) is 3.06. The van der Waals surface area contributed by atoms with Crippen LogP contribution in [0.1, 0.15) is 49.6 Å². The molecule has 0 fully saturated rings. The van der Waals surface area contributed by atoms with Crippen molar-refractivity contribution in [2.24, 2.45) is 7.05 Å². The van der Waals surface area contributed by atoms with Gasteiger partial charge in [0.05, 0.1) is 5.69 Å². The molecule has 7 heteroatoms. The number of hydrogen-bond acceptors (Lipinski definition) is 4. The highest BCUT2D eigenvalue weighted by Crippen LogP contribution is 2.29. The number of aryl methyl sites for hydroxylation is 2. The fourth-order valence-corrected chi connectivity index (χ4v) is 4.01. The molecule has 0 aromatic carbocycles. The zero-order chi connectivity index (χ0) is 20.7. The Bertz CT molecular complexity index is 1230. The van der Waals surface area contributed by atoms with E-state index in [-0.39, 0.29) is 5.56 Å². The number of fused-ring (bicyclic) bond motifs is 1. The molecule has 0 atom stereocenters. The van der Waals surface area contributed by atoms with Gasteiger partial charge in [-0.2, -0.15) is 0 Å². The number of imidazole rings is 1. The van der Waals surface area contributed by atoms with Crippen molar-refractivity contribution in [2.45, 2.75) is 46.5 Å². The van der Waals surface area contributed by atoms with E-state index >= 15 is 0 Å². The van der Waals surface area contributed by atoms with Crippen LogP contribution in [-0.2, 0) is 7.05 Å². The monoisotopic (exact) mass is 390 g/mol. The average molecular weight is 390 g/mol. The molecule has 0 saturated carbocycles. The van der Waals surface area contributed by atoms with Crippen LogP contribution in [0.15, 0.2) is 41.7 Å². The molecular formula is C22H26N6O. The highest BCUT2D eigenvalue weighted by Gasteiger charge is 2.21. The third-order valence-corrected chi connectivity index (χ3v) is 5.71. The minimum Gasteiger partial charge on any atom is -0.292 e. The molecule has 0 aliphatic carbocycles. The average Bonchev–Trinajstić information content (AvgIpc) is 3.35. The summed E-state index contributed by atoms with van der Waals surface area (Å²) < 4.78 is 5.29. The fraction of sp³-hybridized carbons (Fsp3) is 0.364. The third-order valence-electron chi connectivity index (χ3n) is 5.71. The summed E-state index contributed by atoms with van der Waals surface area (Å²) in [5.41, 5.74) is 4.38. The van der Waals surface area contributed by atoms with Gasteiger partial charge in [-0.15, -0.1) is 5.10 Å². The molecule has 0 N–H and O–H groups in total. The number of rotatable bonds is 5. The molecule has 0 unspecified atom stereocenters. The summed E-state index contributed by atoms with van der Waals surface area (Å²) in [5, 5.41) is 4.85. The first-order valence-corrected chi connectivity index (χ1v) is 10.0. The van der Waals surface area contributed by atoms with E-state index in [1.54, 1.807) is 28.7 Å². The first-order valence-electron chi connectivity index (χ1n) is 10.0. The Morgan fingerprint density at radius 3 is 2.52 bits per heavy atom. The maximum absolute atomic E-state index is 13.3. The van der Waals surface area contributed by atoms with Crippen molar-refractivity contribution in [3.05, 3.63) is 64.2 Å². The molecule has 4 rings (SSSR count). The largest absolute Gasteiger partial charge is 0.292 e. The molecule has 0 saturated heterocycles. The normalized spacial score (nSPS) is 11.7. The van der Waals surface area contributed by atoms with Gasteiger partial charge in [0, 0.05) is 30.7 Å².